The summed E-state index contributed by atoms with van der Waals surface area (Å²) in [5.41, 5.74) is 0.599. The van der Waals surface area contributed by atoms with E-state index in [2.05, 4.69) is 10.6 Å². The quantitative estimate of drug-likeness (QED) is 0.780. The largest absolute Gasteiger partial charge is 0.478 e. The van der Waals surface area contributed by atoms with Crippen LogP contribution in [0, 0.1) is 13.8 Å². The maximum absolute atomic E-state index is 11.9. The first-order chi connectivity index (χ1) is 9.88. The third-order valence-corrected chi connectivity index (χ3v) is 5.22. The Kier molecular flexibility index (Phi) is 4.53. The van der Waals surface area contributed by atoms with E-state index >= 15 is 0 Å². The highest BCUT2D eigenvalue weighted by molar-refractivity contribution is 7.16. The van der Waals surface area contributed by atoms with E-state index < -0.39 is 12.0 Å². The molecule has 1 aliphatic carbocycles. The fraction of sp³-hybridized carbons (Fsp3) is 0.571. The fourth-order valence-corrected chi connectivity index (χ4v) is 3.43. The molecule has 1 aromatic rings. The lowest BCUT2D eigenvalue weighted by molar-refractivity contribution is -0.0671. The number of anilines is 1. The van der Waals surface area contributed by atoms with Crippen LogP contribution in [0.1, 0.15) is 40.1 Å². The summed E-state index contributed by atoms with van der Waals surface area (Å²) in [4.78, 5) is 24.1. The topological polar surface area (TPSA) is 87.7 Å². The average Bonchev–Trinajstić information content (AvgIpc) is 2.64. The monoisotopic (exact) mass is 312 g/mol. The highest BCUT2D eigenvalue weighted by Crippen LogP contribution is 2.34. The summed E-state index contributed by atoms with van der Waals surface area (Å²) in [6, 6.07) is -0.401. The molecule has 1 heterocycles. The van der Waals surface area contributed by atoms with E-state index in [0.29, 0.717) is 17.1 Å². The van der Waals surface area contributed by atoms with Gasteiger partial charge in [0, 0.05) is 18.5 Å². The van der Waals surface area contributed by atoms with Gasteiger partial charge in [-0.25, -0.2) is 9.59 Å². The number of rotatable bonds is 5. The Morgan fingerprint density at radius 1 is 1.38 bits per heavy atom. The van der Waals surface area contributed by atoms with Crippen molar-refractivity contribution in [3.05, 3.63) is 16.0 Å². The van der Waals surface area contributed by atoms with Crippen LogP contribution in [0.2, 0.25) is 0 Å². The van der Waals surface area contributed by atoms with Gasteiger partial charge < -0.3 is 15.2 Å². The smallest absolute Gasteiger partial charge is 0.338 e. The highest BCUT2D eigenvalue weighted by Gasteiger charge is 2.37. The molecule has 0 aliphatic heterocycles. The molecule has 116 valence electrons. The van der Waals surface area contributed by atoms with Gasteiger partial charge in [-0.1, -0.05) is 0 Å². The zero-order valence-electron chi connectivity index (χ0n) is 12.4. The number of carboxylic acids is 1. The molecule has 21 heavy (non-hydrogen) atoms. The van der Waals surface area contributed by atoms with E-state index in [1.807, 2.05) is 6.92 Å². The minimum absolute atomic E-state index is 0.165. The molecule has 1 aliphatic rings. The van der Waals surface area contributed by atoms with Gasteiger partial charge in [0.2, 0.25) is 0 Å². The van der Waals surface area contributed by atoms with Crippen LogP contribution >= 0.6 is 11.3 Å². The summed E-state index contributed by atoms with van der Waals surface area (Å²) in [5.74, 6) is -1.03. The molecule has 0 aromatic carbocycles. The second-order valence-corrected chi connectivity index (χ2v) is 6.57. The summed E-state index contributed by atoms with van der Waals surface area (Å²) in [6.07, 6.45) is 2.96. The van der Waals surface area contributed by atoms with Gasteiger partial charge in [-0.15, -0.1) is 11.3 Å². The average molecular weight is 312 g/mol. The second kappa shape index (κ2) is 6.03. The second-order valence-electron chi connectivity index (χ2n) is 5.34. The highest BCUT2D eigenvalue weighted by atomic mass is 32.1. The van der Waals surface area contributed by atoms with Crippen molar-refractivity contribution in [3.8, 4) is 0 Å². The molecule has 2 rings (SSSR count). The SMILES string of the molecule is COC1(CNC(=O)Nc2sc(C)c(C)c2C(=O)O)CCC1. The maximum atomic E-state index is 11.9. The van der Waals surface area contributed by atoms with Gasteiger partial charge in [0.15, 0.2) is 0 Å². The first-order valence-corrected chi connectivity index (χ1v) is 7.63. The molecule has 3 N–H and O–H groups in total. The van der Waals surface area contributed by atoms with Crippen molar-refractivity contribution in [2.45, 2.75) is 38.7 Å². The Bertz CT molecular complexity index is 558. The molecule has 0 radical (unpaired) electrons. The first kappa shape index (κ1) is 15.8. The lowest BCUT2D eigenvalue weighted by atomic mass is 9.80. The number of urea groups is 1. The predicted octanol–water partition coefficient (Wildman–Crippen LogP) is 2.75. The Morgan fingerprint density at radius 2 is 2.05 bits per heavy atom. The van der Waals surface area contributed by atoms with Crippen LogP contribution in [0.15, 0.2) is 0 Å². The number of carbonyl (C=O) groups excluding carboxylic acids is 1. The number of hydrogen-bond acceptors (Lipinski definition) is 4. The molecule has 0 bridgehead atoms. The van der Waals surface area contributed by atoms with E-state index in [1.165, 1.54) is 11.3 Å². The number of aryl methyl sites for hydroxylation is 1. The van der Waals surface area contributed by atoms with Gasteiger partial charge in [0.1, 0.15) is 5.00 Å². The lowest BCUT2D eigenvalue weighted by Crippen LogP contribution is -2.50. The van der Waals surface area contributed by atoms with Crippen LogP contribution in [-0.4, -0.2) is 36.4 Å². The van der Waals surface area contributed by atoms with E-state index in [1.54, 1.807) is 14.0 Å². The summed E-state index contributed by atoms with van der Waals surface area (Å²) < 4.78 is 5.43. The molecule has 2 amide bonds. The lowest BCUT2D eigenvalue weighted by Gasteiger charge is -2.40. The van der Waals surface area contributed by atoms with Crippen LogP contribution in [0.25, 0.3) is 0 Å². The number of hydrogen-bond donors (Lipinski definition) is 3. The van der Waals surface area contributed by atoms with Crippen molar-refractivity contribution in [2.24, 2.45) is 0 Å². The predicted molar refractivity (Wildman–Crippen MR) is 81.4 cm³/mol. The van der Waals surface area contributed by atoms with Crippen LogP contribution < -0.4 is 10.6 Å². The van der Waals surface area contributed by atoms with Gasteiger partial charge in [0.05, 0.1) is 11.2 Å². The number of nitrogens with one attached hydrogen (secondary N) is 2. The Morgan fingerprint density at radius 3 is 2.52 bits per heavy atom. The van der Waals surface area contributed by atoms with Gasteiger partial charge in [-0.05, 0) is 38.7 Å². The van der Waals surface area contributed by atoms with Crippen molar-refractivity contribution in [2.75, 3.05) is 19.0 Å². The van der Waals surface area contributed by atoms with Gasteiger partial charge >= 0.3 is 12.0 Å². The molecular weight excluding hydrogens is 292 g/mol. The van der Waals surface area contributed by atoms with Gasteiger partial charge in [0.25, 0.3) is 0 Å². The molecule has 1 saturated carbocycles. The summed E-state index contributed by atoms with van der Waals surface area (Å²) in [6.45, 7) is 4.01. The minimum Gasteiger partial charge on any atom is -0.478 e. The molecular formula is C14H20N2O4S. The third-order valence-electron chi connectivity index (χ3n) is 4.10. The van der Waals surface area contributed by atoms with Crippen molar-refractivity contribution in [1.29, 1.82) is 0 Å². The molecule has 1 fully saturated rings. The zero-order chi connectivity index (χ0) is 15.6. The number of carboxylic acid groups (broad SMARTS) is 1. The van der Waals surface area contributed by atoms with Crippen molar-refractivity contribution < 1.29 is 19.4 Å². The van der Waals surface area contributed by atoms with Gasteiger partial charge in [-0.3, -0.25) is 5.32 Å². The van der Waals surface area contributed by atoms with Crippen LogP contribution in [0.5, 0.6) is 0 Å². The number of carbonyl (C=O) groups is 2. The molecule has 0 atom stereocenters. The van der Waals surface area contributed by atoms with Crippen LogP contribution in [0.3, 0.4) is 0 Å². The van der Waals surface area contributed by atoms with E-state index in [9.17, 15) is 14.7 Å². The van der Waals surface area contributed by atoms with Gasteiger partial charge in [-0.2, -0.15) is 0 Å². The summed E-state index contributed by atoms with van der Waals surface area (Å²) >= 11 is 1.27. The Hall–Kier alpha value is -1.60. The molecule has 1 aromatic heterocycles. The Labute approximate surface area is 127 Å². The van der Waals surface area contributed by atoms with E-state index in [-0.39, 0.29) is 11.2 Å². The number of aromatic carboxylic acids is 1. The maximum Gasteiger partial charge on any atom is 0.338 e. The number of methoxy groups -OCH3 is 1. The minimum atomic E-state index is -1.03. The number of amides is 2. The standard InChI is InChI=1S/C14H20N2O4S/c1-8-9(2)21-11(10(8)12(17)18)16-13(19)15-7-14(20-3)5-4-6-14/h4-7H2,1-3H3,(H,17,18)(H2,15,16,19). The normalized spacial score (nSPS) is 16.1. The molecule has 0 unspecified atom stereocenters. The van der Waals surface area contributed by atoms with Crippen molar-refractivity contribution >= 4 is 28.3 Å². The van der Waals surface area contributed by atoms with E-state index in [0.717, 1.165) is 24.1 Å². The van der Waals surface area contributed by atoms with Crippen LogP contribution in [-0.2, 0) is 4.74 Å². The summed E-state index contributed by atoms with van der Waals surface area (Å²) in [5, 5.41) is 15.0. The zero-order valence-corrected chi connectivity index (χ0v) is 13.2. The third kappa shape index (κ3) is 3.19. The molecule has 0 spiro atoms. The first-order valence-electron chi connectivity index (χ1n) is 6.82. The molecule has 6 nitrogen and oxygen atoms in total. The molecule has 7 heteroatoms. The number of ether oxygens (including phenoxy) is 1. The van der Waals surface area contributed by atoms with Crippen molar-refractivity contribution in [3.63, 3.8) is 0 Å². The Balaban J connectivity index is 2.00. The fourth-order valence-electron chi connectivity index (χ4n) is 2.39. The number of thiophene rings is 1. The van der Waals surface area contributed by atoms with Crippen molar-refractivity contribution in [1.82, 2.24) is 5.32 Å². The summed E-state index contributed by atoms with van der Waals surface area (Å²) in [7, 11) is 1.65. The molecule has 0 saturated heterocycles. The van der Waals surface area contributed by atoms with E-state index in [4.69, 9.17) is 4.74 Å². The van der Waals surface area contributed by atoms with Crippen LogP contribution in [0.4, 0.5) is 9.80 Å².